The molecular weight excluding hydrogens is 592 g/mol. The molecular formula is C32H50O13. The van der Waals surface area contributed by atoms with Crippen LogP contribution in [0.15, 0.2) is 12.2 Å². The fourth-order valence-corrected chi connectivity index (χ4v) is 10.6. The Kier molecular flexibility index (Phi) is 8.77. The minimum absolute atomic E-state index is 0.0640. The maximum absolute atomic E-state index is 12.5. The van der Waals surface area contributed by atoms with Crippen molar-refractivity contribution in [3.8, 4) is 0 Å². The van der Waals surface area contributed by atoms with E-state index < -0.39 is 91.6 Å². The van der Waals surface area contributed by atoms with Crippen LogP contribution < -0.4 is 0 Å². The fourth-order valence-electron chi connectivity index (χ4n) is 10.6. The Morgan fingerprint density at radius 1 is 0.844 bits per heavy atom. The van der Waals surface area contributed by atoms with Crippen LogP contribution in [0.5, 0.6) is 0 Å². The van der Waals surface area contributed by atoms with Crippen LogP contribution >= 0.6 is 0 Å². The standard InChI is InChI=1S/C32H50O13/c1-15-11-31-9-5-18-29(2,7-4-8-30(18,3)28(40)41)19(31)6-10-32(15,14-31)45-27-25(23(38)21(36)17(13-34)43-27)44-26-24(39)22(37)20(35)16(12-33)42-26/h16-27,33-39H,1,4-14H2,2-3H3,(H,40,41)/t16-,17-,18+,19+,20-,21-,22+,23+,24-,25-,26+,27+,29-,30-,31+,32-/m0/s1. The van der Waals surface area contributed by atoms with Gasteiger partial charge in [-0.1, -0.05) is 19.9 Å². The van der Waals surface area contributed by atoms with Crippen molar-refractivity contribution < 1.29 is 64.6 Å². The molecule has 256 valence electrons. The highest BCUT2D eigenvalue weighted by atomic mass is 16.8. The summed E-state index contributed by atoms with van der Waals surface area (Å²) in [7, 11) is 0. The van der Waals surface area contributed by atoms with E-state index in [0.29, 0.717) is 25.7 Å². The van der Waals surface area contributed by atoms with Crippen LogP contribution in [0.2, 0.25) is 0 Å². The second-order valence-corrected chi connectivity index (χ2v) is 15.2. The number of rotatable bonds is 7. The van der Waals surface area contributed by atoms with Gasteiger partial charge in [0.25, 0.3) is 0 Å². The Morgan fingerprint density at radius 3 is 2.11 bits per heavy atom. The van der Waals surface area contributed by atoms with Crippen LogP contribution in [-0.4, -0.2) is 127 Å². The molecule has 2 aliphatic heterocycles. The number of aliphatic hydroxyl groups excluding tert-OH is 7. The molecule has 13 heteroatoms. The van der Waals surface area contributed by atoms with Gasteiger partial charge in [-0.05, 0) is 86.5 Å². The molecule has 6 rings (SSSR count). The van der Waals surface area contributed by atoms with Crippen molar-refractivity contribution in [3.63, 3.8) is 0 Å². The molecule has 0 aromatic heterocycles. The van der Waals surface area contributed by atoms with Gasteiger partial charge in [0, 0.05) is 0 Å². The largest absolute Gasteiger partial charge is 0.481 e. The molecule has 0 amide bonds. The van der Waals surface area contributed by atoms with E-state index in [9.17, 15) is 45.6 Å². The predicted octanol–water partition coefficient (Wildman–Crippen LogP) is -0.197. The Bertz CT molecular complexity index is 1150. The number of hydrogen-bond acceptors (Lipinski definition) is 12. The van der Waals surface area contributed by atoms with Crippen molar-refractivity contribution in [2.75, 3.05) is 13.2 Å². The van der Waals surface area contributed by atoms with Crippen molar-refractivity contribution >= 4 is 5.97 Å². The molecule has 4 saturated carbocycles. The summed E-state index contributed by atoms with van der Waals surface area (Å²) < 4.78 is 24.1. The number of hydrogen-bond donors (Lipinski definition) is 8. The van der Waals surface area contributed by atoms with Gasteiger partial charge in [0.1, 0.15) is 48.8 Å². The first-order valence-electron chi connectivity index (χ1n) is 16.3. The Morgan fingerprint density at radius 2 is 1.47 bits per heavy atom. The summed E-state index contributed by atoms with van der Waals surface area (Å²) in [4.78, 5) is 12.5. The van der Waals surface area contributed by atoms with Crippen LogP contribution in [0.4, 0.5) is 0 Å². The van der Waals surface area contributed by atoms with Crippen molar-refractivity contribution in [3.05, 3.63) is 12.2 Å². The number of carboxylic acids is 1. The quantitative estimate of drug-likeness (QED) is 0.134. The molecule has 6 aliphatic rings. The lowest BCUT2D eigenvalue weighted by Crippen LogP contribution is -2.65. The summed E-state index contributed by atoms with van der Waals surface area (Å²) in [5, 5.41) is 82.8. The van der Waals surface area contributed by atoms with Gasteiger partial charge >= 0.3 is 5.97 Å². The second-order valence-electron chi connectivity index (χ2n) is 15.2. The monoisotopic (exact) mass is 642 g/mol. The van der Waals surface area contributed by atoms with Crippen molar-refractivity contribution in [2.24, 2.45) is 28.1 Å². The normalized spacial score (nSPS) is 54.7. The van der Waals surface area contributed by atoms with Gasteiger partial charge in [0.05, 0.1) is 24.2 Å². The summed E-state index contributed by atoms with van der Waals surface area (Å²) in [6.07, 6.45) is -8.44. The van der Waals surface area contributed by atoms with Crippen LogP contribution in [0.3, 0.4) is 0 Å². The summed E-state index contributed by atoms with van der Waals surface area (Å²) in [5.74, 6) is -0.392. The first-order valence-corrected chi connectivity index (χ1v) is 16.3. The first-order chi connectivity index (χ1) is 21.2. The van der Waals surface area contributed by atoms with Crippen molar-refractivity contribution in [1.82, 2.24) is 0 Å². The first kappa shape index (κ1) is 33.7. The van der Waals surface area contributed by atoms with Gasteiger partial charge in [0.15, 0.2) is 12.6 Å². The third kappa shape index (κ3) is 5.04. The SMILES string of the molecule is C=C1C[C@@]23CC[C@@H]4[C@](C)(CCC[C@]4(C)C(=O)O)[C@H]2CC[C@]1(O[C@H]1O[C@@H](CO)[C@H](O)[C@@H](O)[C@@H]1O[C@H]1O[C@@H](CO)[C@H](O)[C@@H](O)[C@@H]1O)C3. The van der Waals surface area contributed by atoms with Crippen LogP contribution in [0.1, 0.15) is 71.6 Å². The molecule has 16 atom stereocenters. The van der Waals surface area contributed by atoms with E-state index in [0.717, 1.165) is 37.7 Å². The highest BCUT2D eigenvalue weighted by Gasteiger charge is 2.69. The molecule has 2 bridgehead atoms. The summed E-state index contributed by atoms with van der Waals surface area (Å²) >= 11 is 0. The zero-order chi connectivity index (χ0) is 32.7. The third-order valence-electron chi connectivity index (χ3n) is 12.9. The van der Waals surface area contributed by atoms with E-state index in [4.69, 9.17) is 18.9 Å². The lowest BCUT2D eigenvalue weighted by Gasteiger charge is -2.64. The Balaban J connectivity index is 1.26. The summed E-state index contributed by atoms with van der Waals surface area (Å²) in [6, 6.07) is 0. The van der Waals surface area contributed by atoms with Gasteiger partial charge in [-0.3, -0.25) is 4.79 Å². The fraction of sp³-hybridized carbons (Fsp3) is 0.906. The second kappa shape index (κ2) is 11.7. The lowest BCUT2D eigenvalue weighted by atomic mass is 9.41. The number of ether oxygens (including phenoxy) is 4. The molecule has 2 saturated heterocycles. The van der Waals surface area contributed by atoms with E-state index >= 15 is 0 Å². The highest BCUT2D eigenvalue weighted by molar-refractivity contribution is 5.75. The molecule has 1 spiro atoms. The Labute approximate surface area is 262 Å². The lowest BCUT2D eigenvalue weighted by molar-refractivity contribution is -0.378. The number of carboxylic acid groups (broad SMARTS) is 1. The third-order valence-corrected chi connectivity index (χ3v) is 12.9. The molecule has 13 nitrogen and oxygen atoms in total. The van der Waals surface area contributed by atoms with Gasteiger partial charge in [-0.2, -0.15) is 0 Å². The smallest absolute Gasteiger partial charge is 0.309 e. The average Bonchev–Trinajstić information content (AvgIpc) is 3.19. The maximum Gasteiger partial charge on any atom is 0.309 e. The maximum atomic E-state index is 12.5. The number of aliphatic hydroxyl groups is 7. The van der Waals surface area contributed by atoms with Crippen LogP contribution in [-0.2, 0) is 23.7 Å². The Hall–Kier alpha value is -1.23. The molecule has 45 heavy (non-hydrogen) atoms. The number of aliphatic carboxylic acids is 1. The van der Waals surface area contributed by atoms with Gasteiger partial charge in [-0.25, -0.2) is 0 Å². The van der Waals surface area contributed by atoms with E-state index in [-0.39, 0.29) is 22.7 Å². The van der Waals surface area contributed by atoms with E-state index in [2.05, 4.69) is 13.5 Å². The van der Waals surface area contributed by atoms with Gasteiger partial charge in [-0.15, -0.1) is 0 Å². The molecule has 2 heterocycles. The van der Waals surface area contributed by atoms with Crippen LogP contribution in [0.25, 0.3) is 0 Å². The molecule has 8 N–H and O–H groups in total. The zero-order valence-corrected chi connectivity index (χ0v) is 26.0. The molecule has 0 radical (unpaired) electrons. The summed E-state index contributed by atoms with van der Waals surface area (Å²) in [6.45, 7) is 7.33. The molecule has 0 aromatic rings. The molecule has 0 aromatic carbocycles. The van der Waals surface area contributed by atoms with Crippen LogP contribution in [0, 0.1) is 28.1 Å². The molecule has 6 fully saturated rings. The van der Waals surface area contributed by atoms with E-state index in [1.54, 1.807) is 0 Å². The minimum Gasteiger partial charge on any atom is -0.481 e. The van der Waals surface area contributed by atoms with Crippen molar-refractivity contribution in [1.29, 1.82) is 0 Å². The predicted molar refractivity (Wildman–Crippen MR) is 154 cm³/mol. The zero-order valence-electron chi connectivity index (χ0n) is 26.0. The summed E-state index contributed by atoms with van der Waals surface area (Å²) in [5.41, 5.74) is -1.10. The van der Waals surface area contributed by atoms with Crippen molar-refractivity contribution in [2.45, 2.75) is 139 Å². The van der Waals surface area contributed by atoms with Gasteiger partial charge < -0.3 is 59.8 Å². The minimum atomic E-state index is -1.76. The molecule has 0 unspecified atom stereocenters. The highest BCUT2D eigenvalue weighted by Crippen LogP contribution is 2.73. The van der Waals surface area contributed by atoms with Gasteiger partial charge in [0.2, 0.25) is 0 Å². The molecule has 4 aliphatic carbocycles. The average molecular weight is 643 g/mol. The van der Waals surface area contributed by atoms with E-state index in [1.165, 1.54) is 0 Å². The number of carbonyl (C=O) groups is 1. The van der Waals surface area contributed by atoms with E-state index in [1.807, 2.05) is 6.92 Å². The number of fused-ring (bicyclic) bond motifs is 3. The topological polar surface area (TPSA) is 216 Å².